The third-order valence-corrected chi connectivity index (χ3v) is 3.68. The van der Waals surface area contributed by atoms with E-state index in [0.29, 0.717) is 5.92 Å². The number of benzene rings is 1. The summed E-state index contributed by atoms with van der Waals surface area (Å²) < 4.78 is 0. The van der Waals surface area contributed by atoms with Gasteiger partial charge in [0.15, 0.2) is 0 Å². The van der Waals surface area contributed by atoms with Gasteiger partial charge in [-0.25, -0.2) is 0 Å². The first-order chi connectivity index (χ1) is 7.22. The molecule has 82 valence electrons. The summed E-state index contributed by atoms with van der Waals surface area (Å²) >= 11 is 0. The Morgan fingerprint density at radius 2 is 2.07 bits per heavy atom. The second-order valence-electron chi connectivity index (χ2n) is 4.89. The van der Waals surface area contributed by atoms with Gasteiger partial charge in [0.05, 0.1) is 0 Å². The Labute approximate surface area is 92.7 Å². The molecule has 0 saturated carbocycles. The summed E-state index contributed by atoms with van der Waals surface area (Å²) in [6.07, 6.45) is 3.78. The van der Waals surface area contributed by atoms with Crippen molar-refractivity contribution in [3.63, 3.8) is 0 Å². The van der Waals surface area contributed by atoms with Crippen molar-refractivity contribution in [3.8, 4) is 0 Å². The standard InChI is InChI=1S/C14H21N/c1-10-3-6-13-12(7-8-15)5-4-11(2)14(13)9-10/h3,6,9,11-12H,4-5,7-8,15H2,1-2H3. The van der Waals surface area contributed by atoms with E-state index in [1.165, 1.54) is 18.4 Å². The number of rotatable bonds is 2. The lowest BCUT2D eigenvalue weighted by molar-refractivity contribution is 0.483. The molecule has 0 amide bonds. The van der Waals surface area contributed by atoms with Crippen molar-refractivity contribution < 1.29 is 0 Å². The average molecular weight is 203 g/mol. The van der Waals surface area contributed by atoms with E-state index in [4.69, 9.17) is 5.73 Å². The van der Waals surface area contributed by atoms with Gasteiger partial charge in [-0.2, -0.15) is 0 Å². The van der Waals surface area contributed by atoms with Crippen LogP contribution in [0.15, 0.2) is 18.2 Å². The maximum Gasteiger partial charge on any atom is -0.00714 e. The van der Waals surface area contributed by atoms with Gasteiger partial charge < -0.3 is 5.73 Å². The van der Waals surface area contributed by atoms with E-state index in [2.05, 4.69) is 32.0 Å². The first kappa shape index (κ1) is 10.7. The van der Waals surface area contributed by atoms with Crippen molar-refractivity contribution in [2.75, 3.05) is 6.54 Å². The summed E-state index contributed by atoms with van der Waals surface area (Å²) in [6, 6.07) is 6.92. The van der Waals surface area contributed by atoms with Crippen molar-refractivity contribution in [2.45, 2.75) is 44.9 Å². The Morgan fingerprint density at radius 3 is 2.80 bits per heavy atom. The zero-order valence-corrected chi connectivity index (χ0v) is 9.79. The zero-order chi connectivity index (χ0) is 10.8. The number of hydrogen-bond donors (Lipinski definition) is 1. The highest BCUT2D eigenvalue weighted by Gasteiger charge is 2.23. The van der Waals surface area contributed by atoms with Crippen LogP contribution in [0, 0.1) is 6.92 Å². The molecule has 2 unspecified atom stereocenters. The molecule has 1 aromatic carbocycles. The maximum absolute atomic E-state index is 5.68. The fourth-order valence-electron chi connectivity index (χ4n) is 2.76. The van der Waals surface area contributed by atoms with Crippen LogP contribution >= 0.6 is 0 Å². The van der Waals surface area contributed by atoms with E-state index in [-0.39, 0.29) is 0 Å². The molecule has 2 N–H and O–H groups in total. The summed E-state index contributed by atoms with van der Waals surface area (Å²) in [5.74, 6) is 1.44. The second kappa shape index (κ2) is 4.36. The molecule has 1 aliphatic rings. The van der Waals surface area contributed by atoms with Crippen LogP contribution in [0.5, 0.6) is 0 Å². The van der Waals surface area contributed by atoms with Crippen molar-refractivity contribution >= 4 is 0 Å². The smallest absolute Gasteiger partial charge is 0.00714 e. The predicted octanol–water partition coefficient (Wildman–Crippen LogP) is 3.32. The second-order valence-corrected chi connectivity index (χ2v) is 4.89. The van der Waals surface area contributed by atoms with Gasteiger partial charge in [0, 0.05) is 0 Å². The molecule has 2 rings (SSSR count). The van der Waals surface area contributed by atoms with Crippen LogP contribution in [-0.4, -0.2) is 6.54 Å². The minimum atomic E-state index is 0.710. The van der Waals surface area contributed by atoms with Crippen LogP contribution in [0.1, 0.15) is 54.7 Å². The zero-order valence-electron chi connectivity index (χ0n) is 9.79. The number of hydrogen-bond acceptors (Lipinski definition) is 1. The summed E-state index contributed by atoms with van der Waals surface area (Å²) in [7, 11) is 0. The molecule has 0 aliphatic heterocycles. The van der Waals surface area contributed by atoms with Gasteiger partial charge in [0.1, 0.15) is 0 Å². The molecule has 15 heavy (non-hydrogen) atoms. The molecule has 0 saturated heterocycles. The molecule has 0 aromatic heterocycles. The van der Waals surface area contributed by atoms with Gasteiger partial charge >= 0.3 is 0 Å². The van der Waals surface area contributed by atoms with Crippen molar-refractivity contribution in [3.05, 3.63) is 34.9 Å². The molecule has 0 heterocycles. The molecule has 1 heteroatoms. The molecule has 1 aromatic rings. The lowest BCUT2D eigenvalue weighted by atomic mass is 9.76. The summed E-state index contributed by atoms with van der Waals surface area (Å²) in [5.41, 5.74) is 10.2. The molecule has 0 radical (unpaired) electrons. The van der Waals surface area contributed by atoms with Crippen LogP contribution in [0.25, 0.3) is 0 Å². The monoisotopic (exact) mass is 203 g/mol. The lowest BCUT2D eigenvalue weighted by Gasteiger charge is -2.30. The Balaban J connectivity index is 2.36. The first-order valence-electron chi connectivity index (χ1n) is 6.03. The van der Waals surface area contributed by atoms with Gasteiger partial charge in [-0.05, 0) is 55.7 Å². The maximum atomic E-state index is 5.68. The summed E-state index contributed by atoms with van der Waals surface area (Å²) in [6.45, 7) is 5.34. The highest BCUT2D eigenvalue weighted by atomic mass is 14.5. The van der Waals surface area contributed by atoms with Gasteiger partial charge in [-0.1, -0.05) is 30.7 Å². The molecule has 2 atom stereocenters. The van der Waals surface area contributed by atoms with Crippen molar-refractivity contribution in [1.29, 1.82) is 0 Å². The highest BCUT2D eigenvalue weighted by molar-refractivity contribution is 5.38. The van der Waals surface area contributed by atoms with Crippen molar-refractivity contribution in [1.82, 2.24) is 0 Å². The molecular weight excluding hydrogens is 182 g/mol. The molecule has 0 bridgehead atoms. The van der Waals surface area contributed by atoms with Crippen LogP contribution in [-0.2, 0) is 0 Å². The Bertz CT molecular complexity index is 343. The Morgan fingerprint density at radius 1 is 1.27 bits per heavy atom. The lowest BCUT2D eigenvalue weighted by Crippen LogP contribution is -2.16. The van der Waals surface area contributed by atoms with E-state index in [0.717, 1.165) is 18.9 Å². The van der Waals surface area contributed by atoms with Gasteiger partial charge in [0.2, 0.25) is 0 Å². The molecule has 0 spiro atoms. The van der Waals surface area contributed by atoms with Crippen molar-refractivity contribution in [2.24, 2.45) is 5.73 Å². The minimum Gasteiger partial charge on any atom is -0.330 e. The number of nitrogens with two attached hydrogens (primary N) is 1. The molecule has 0 fully saturated rings. The minimum absolute atomic E-state index is 0.710. The fraction of sp³-hybridized carbons (Fsp3) is 0.571. The fourth-order valence-corrected chi connectivity index (χ4v) is 2.76. The summed E-state index contributed by atoms with van der Waals surface area (Å²) in [5, 5.41) is 0. The first-order valence-corrected chi connectivity index (χ1v) is 6.03. The van der Waals surface area contributed by atoms with Crippen LogP contribution < -0.4 is 5.73 Å². The van der Waals surface area contributed by atoms with E-state index < -0.39 is 0 Å². The van der Waals surface area contributed by atoms with Gasteiger partial charge in [-0.3, -0.25) is 0 Å². The molecule has 1 aliphatic carbocycles. The van der Waals surface area contributed by atoms with Gasteiger partial charge in [0.25, 0.3) is 0 Å². The van der Waals surface area contributed by atoms with Gasteiger partial charge in [-0.15, -0.1) is 0 Å². The Hall–Kier alpha value is -0.820. The predicted molar refractivity (Wildman–Crippen MR) is 65.2 cm³/mol. The third-order valence-electron chi connectivity index (χ3n) is 3.68. The average Bonchev–Trinajstić information content (AvgIpc) is 2.23. The SMILES string of the molecule is Cc1ccc2c(c1)C(C)CCC2CCN. The van der Waals surface area contributed by atoms with E-state index >= 15 is 0 Å². The topological polar surface area (TPSA) is 26.0 Å². The largest absolute Gasteiger partial charge is 0.330 e. The Kier molecular flexibility index (Phi) is 3.11. The van der Waals surface area contributed by atoms with Crippen LogP contribution in [0.2, 0.25) is 0 Å². The van der Waals surface area contributed by atoms with Crippen LogP contribution in [0.4, 0.5) is 0 Å². The van der Waals surface area contributed by atoms with E-state index in [1.54, 1.807) is 11.1 Å². The molecule has 1 nitrogen and oxygen atoms in total. The highest BCUT2D eigenvalue weighted by Crippen LogP contribution is 2.40. The normalized spacial score (nSPS) is 25.0. The number of aryl methyl sites for hydroxylation is 1. The van der Waals surface area contributed by atoms with E-state index in [1.807, 2.05) is 0 Å². The summed E-state index contributed by atoms with van der Waals surface area (Å²) in [4.78, 5) is 0. The quantitative estimate of drug-likeness (QED) is 0.784. The third kappa shape index (κ3) is 2.07. The molecular formula is C14H21N. The number of fused-ring (bicyclic) bond motifs is 1. The van der Waals surface area contributed by atoms with Crippen LogP contribution in [0.3, 0.4) is 0 Å². The van der Waals surface area contributed by atoms with E-state index in [9.17, 15) is 0 Å².